The van der Waals surface area contributed by atoms with Crippen LogP contribution in [0, 0.1) is 11.8 Å². The van der Waals surface area contributed by atoms with Crippen LogP contribution in [0.25, 0.3) is 0 Å². The van der Waals surface area contributed by atoms with Crippen molar-refractivity contribution in [3.05, 3.63) is 23.8 Å². The van der Waals surface area contributed by atoms with Crippen molar-refractivity contribution >= 4 is 6.09 Å². The summed E-state index contributed by atoms with van der Waals surface area (Å²) in [6.07, 6.45) is 5.24. The molecular weight excluding hydrogens is 254 g/mol. The second kappa shape index (κ2) is 5.60. The van der Waals surface area contributed by atoms with Gasteiger partial charge in [0.1, 0.15) is 6.10 Å². The Labute approximate surface area is 121 Å². The first-order chi connectivity index (χ1) is 9.32. The van der Waals surface area contributed by atoms with E-state index < -0.39 is 6.10 Å². The summed E-state index contributed by atoms with van der Waals surface area (Å²) in [6, 6.07) is 0.185. The molecule has 0 bridgehead atoms. The molecule has 0 spiro atoms. The summed E-state index contributed by atoms with van der Waals surface area (Å²) in [4.78, 5) is 13.8. The highest BCUT2D eigenvalue weighted by molar-refractivity contribution is 5.71. The number of hydrogen-bond donors (Lipinski definition) is 1. The van der Waals surface area contributed by atoms with E-state index in [9.17, 15) is 9.90 Å². The van der Waals surface area contributed by atoms with Crippen molar-refractivity contribution in [2.75, 3.05) is 0 Å². The van der Waals surface area contributed by atoms with E-state index in [2.05, 4.69) is 19.1 Å². The minimum absolute atomic E-state index is 0.0490. The van der Waals surface area contributed by atoms with E-state index in [1.165, 1.54) is 0 Å². The van der Waals surface area contributed by atoms with E-state index in [4.69, 9.17) is 4.74 Å². The molecule has 112 valence electrons. The van der Waals surface area contributed by atoms with Crippen LogP contribution in [0.1, 0.15) is 34.6 Å². The molecule has 1 fully saturated rings. The first-order valence-electron chi connectivity index (χ1n) is 7.39. The zero-order chi connectivity index (χ0) is 15.0. The second-order valence-corrected chi connectivity index (χ2v) is 6.23. The summed E-state index contributed by atoms with van der Waals surface area (Å²) in [5, 5.41) is 9.74. The molecule has 5 atom stereocenters. The lowest BCUT2D eigenvalue weighted by Crippen LogP contribution is -2.42. The molecule has 1 heterocycles. The number of aliphatic hydroxyl groups is 1. The fourth-order valence-electron chi connectivity index (χ4n) is 3.17. The van der Waals surface area contributed by atoms with Crippen LogP contribution in [-0.2, 0) is 4.74 Å². The van der Waals surface area contributed by atoms with Gasteiger partial charge in [-0.3, -0.25) is 4.90 Å². The molecule has 1 N–H and O–H groups in total. The minimum Gasteiger partial charge on any atom is -0.443 e. The molecule has 1 aliphatic carbocycles. The third-order valence-corrected chi connectivity index (χ3v) is 4.36. The zero-order valence-corrected chi connectivity index (χ0v) is 12.9. The van der Waals surface area contributed by atoms with Gasteiger partial charge in [0.05, 0.1) is 12.1 Å². The maximum absolute atomic E-state index is 12.0. The summed E-state index contributed by atoms with van der Waals surface area (Å²) in [6.45, 7) is 9.92. The molecule has 2 aliphatic rings. The number of ether oxygens (including phenoxy) is 1. The van der Waals surface area contributed by atoms with E-state index in [-0.39, 0.29) is 30.2 Å². The van der Waals surface area contributed by atoms with Gasteiger partial charge in [-0.05, 0) is 39.2 Å². The highest BCUT2D eigenvalue weighted by Crippen LogP contribution is 2.35. The lowest BCUT2D eigenvalue weighted by molar-refractivity contribution is 0.0952. The van der Waals surface area contributed by atoms with Crippen molar-refractivity contribution in [3.63, 3.8) is 0 Å². The fraction of sp³-hybridized carbons (Fsp3) is 0.688. The van der Waals surface area contributed by atoms with Crippen molar-refractivity contribution in [1.82, 2.24) is 4.90 Å². The van der Waals surface area contributed by atoms with Crippen molar-refractivity contribution < 1.29 is 14.6 Å². The number of carbonyl (C=O) groups is 1. The van der Waals surface area contributed by atoms with Crippen LogP contribution in [0.2, 0.25) is 0 Å². The topological polar surface area (TPSA) is 49.8 Å². The van der Waals surface area contributed by atoms with Gasteiger partial charge in [-0.1, -0.05) is 25.2 Å². The van der Waals surface area contributed by atoms with Crippen LogP contribution in [0.3, 0.4) is 0 Å². The molecule has 0 radical (unpaired) electrons. The standard InChI is InChI=1S/C16H25NO3/c1-9(2)17-11(4)15(20-16(17)19)14-8-13(12(5)18)7-6-10(14)3/h6-12,14-15,18H,1-5H3/t10?,11-,12?,14?,15-/m0/s1. The van der Waals surface area contributed by atoms with E-state index in [0.717, 1.165) is 5.57 Å². The summed E-state index contributed by atoms with van der Waals surface area (Å²) < 4.78 is 5.61. The highest BCUT2D eigenvalue weighted by atomic mass is 16.6. The van der Waals surface area contributed by atoms with Gasteiger partial charge >= 0.3 is 6.09 Å². The van der Waals surface area contributed by atoms with Crippen molar-refractivity contribution in [2.45, 2.75) is 58.9 Å². The van der Waals surface area contributed by atoms with Gasteiger partial charge in [-0.2, -0.15) is 0 Å². The van der Waals surface area contributed by atoms with E-state index >= 15 is 0 Å². The van der Waals surface area contributed by atoms with Crippen molar-refractivity contribution in [1.29, 1.82) is 0 Å². The monoisotopic (exact) mass is 279 g/mol. The predicted molar refractivity (Wildman–Crippen MR) is 78.3 cm³/mol. The first kappa shape index (κ1) is 15.1. The van der Waals surface area contributed by atoms with Gasteiger partial charge in [0.15, 0.2) is 0 Å². The molecule has 0 aromatic heterocycles. The summed E-state index contributed by atoms with van der Waals surface area (Å²) in [7, 11) is 0. The molecular formula is C16H25NO3. The fourth-order valence-corrected chi connectivity index (χ4v) is 3.17. The normalized spacial score (nSPS) is 35.2. The van der Waals surface area contributed by atoms with Gasteiger partial charge in [0.25, 0.3) is 0 Å². The number of amides is 1. The molecule has 20 heavy (non-hydrogen) atoms. The minimum atomic E-state index is -0.491. The van der Waals surface area contributed by atoms with E-state index in [1.54, 1.807) is 11.8 Å². The molecule has 1 saturated heterocycles. The Morgan fingerprint density at radius 3 is 2.45 bits per heavy atom. The smallest absolute Gasteiger partial charge is 0.410 e. The summed E-state index contributed by atoms with van der Waals surface area (Å²) in [5.41, 5.74) is 0.902. The molecule has 4 nitrogen and oxygen atoms in total. The maximum atomic E-state index is 12.0. The van der Waals surface area contributed by atoms with Gasteiger partial charge in [-0.15, -0.1) is 0 Å². The SMILES string of the molecule is CC(O)C1=CC([C@H]2OC(=O)N(C(C)C)[C@H]2C)C(C)C=C1. The van der Waals surface area contributed by atoms with Crippen LogP contribution in [-0.4, -0.2) is 40.4 Å². The average Bonchev–Trinajstić information content (AvgIpc) is 2.64. The number of cyclic esters (lactones) is 1. The molecule has 1 amide bonds. The Balaban J connectivity index is 2.23. The molecule has 3 unspecified atom stereocenters. The Bertz CT molecular complexity index is 439. The van der Waals surface area contributed by atoms with Crippen LogP contribution < -0.4 is 0 Å². The molecule has 4 heteroatoms. The summed E-state index contributed by atoms with van der Waals surface area (Å²) in [5.74, 6) is 0.414. The second-order valence-electron chi connectivity index (χ2n) is 6.23. The number of carbonyl (C=O) groups excluding carboxylic acids is 1. The van der Waals surface area contributed by atoms with E-state index in [1.807, 2.05) is 26.8 Å². The number of aliphatic hydroxyl groups excluding tert-OH is 1. The lowest BCUT2D eigenvalue weighted by Gasteiger charge is -2.31. The van der Waals surface area contributed by atoms with Crippen LogP contribution in [0.4, 0.5) is 4.79 Å². The number of rotatable bonds is 3. The molecule has 0 saturated carbocycles. The average molecular weight is 279 g/mol. The Morgan fingerprint density at radius 1 is 1.30 bits per heavy atom. The number of nitrogens with zero attached hydrogens (tertiary/aromatic N) is 1. The van der Waals surface area contributed by atoms with Crippen molar-refractivity contribution in [2.24, 2.45) is 11.8 Å². The van der Waals surface area contributed by atoms with Crippen molar-refractivity contribution in [3.8, 4) is 0 Å². The third kappa shape index (κ3) is 2.62. The predicted octanol–water partition coefficient (Wildman–Crippen LogP) is 2.73. The maximum Gasteiger partial charge on any atom is 0.410 e. The molecule has 0 aromatic carbocycles. The lowest BCUT2D eigenvalue weighted by atomic mass is 9.80. The third-order valence-electron chi connectivity index (χ3n) is 4.36. The van der Waals surface area contributed by atoms with Crippen LogP contribution in [0.5, 0.6) is 0 Å². The van der Waals surface area contributed by atoms with Crippen LogP contribution in [0.15, 0.2) is 23.8 Å². The Morgan fingerprint density at radius 2 is 1.95 bits per heavy atom. The van der Waals surface area contributed by atoms with Gasteiger partial charge < -0.3 is 9.84 Å². The summed E-state index contributed by atoms with van der Waals surface area (Å²) >= 11 is 0. The van der Waals surface area contributed by atoms with Gasteiger partial charge in [-0.25, -0.2) is 4.79 Å². The van der Waals surface area contributed by atoms with Gasteiger partial charge in [0.2, 0.25) is 0 Å². The van der Waals surface area contributed by atoms with E-state index in [0.29, 0.717) is 5.92 Å². The Kier molecular flexibility index (Phi) is 4.23. The van der Waals surface area contributed by atoms with Crippen LogP contribution >= 0.6 is 0 Å². The highest BCUT2D eigenvalue weighted by Gasteiger charge is 2.45. The van der Waals surface area contributed by atoms with Gasteiger partial charge in [0, 0.05) is 12.0 Å². The molecule has 2 rings (SSSR count). The number of allylic oxidation sites excluding steroid dienone is 1. The Hall–Kier alpha value is -1.29. The molecule has 1 aliphatic heterocycles. The first-order valence-corrected chi connectivity index (χ1v) is 7.39. The zero-order valence-electron chi connectivity index (χ0n) is 12.9. The molecule has 0 aromatic rings. The number of hydrogen-bond acceptors (Lipinski definition) is 3. The quantitative estimate of drug-likeness (QED) is 0.864. The largest absolute Gasteiger partial charge is 0.443 e.